The summed E-state index contributed by atoms with van der Waals surface area (Å²) in [6, 6.07) is 16.3. The Morgan fingerprint density at radius 3 is 2.42 bits per heavy atom. The van der Waals surface area contributed by atoms with E-state index in [-0.39, 0.29) is 12.5 Å². The highest BCUT2D eigenvalue weighted by Gasteiger charge is 2.05. The molecule has 0 aliphatic rings. The van der Waals surface area contributed by atoms with Gasteiger partial charge in [-0.2, -0.15) is 0 Å². The minimum Gasteiger partial charge on any atom is -0.457 e. The second-order valence-electron chi connectivity index (χ2n) is 5.67. The van der Waals surface area contributed by atoms with Crippen molar-refractivity contribution >= 4 is 28.9 Å². The van der Waals surface area contributed by atoms with Crippen molar-refractivity contribution in [1.82, 2.24) is 4.98 Å². The van der Waals surface area contributed by atoms with E-state index >= 15 is 0 Å². The number of nitrogens with one attached hydrogen (secondary N) is 2. The Labute approximate surface area is 157 Å². The summed E-state index contributed by atoms with van der Waals surface area (Å²) in [4.78, 5) is 16.0. The molecule has 2 N–H and O–H groups in total. The van der Waals surface area contributed by atoms with Crippen LogP contribution in [0.2, 0.25) is 5.02 Å². The molecule has 0 unspecified atom stereocenters. The molecule has 0 aliphatic heterocycles. The third-order valence-electron chi connectivity index (χ3n) is 3.66. The van der Waals surface area contributed by atoms with E-state index in [1.807, 2.05) is 37.3 Å². The van der Waals surface area contributed by atoms with Crippen molar-refractivity contribution in [1.29, 1.82) is 0 Å². The normalized spacial score (nSPS) is 10.2. The minimum absolute atomic E-state index is 0.132. The number of pyridine rings is 1. The summed E-state index contributed by atoms with van der Waals surface area (Å²) in [7, 11) is 0. The van der Waals surface area contributed by atoms with Crippen LogP contribution in [0, 0.1) is 6.92 Å². The van der Waals surface area contributed by atoms with Gasteiger partial charge in [0.1, 0.15) is 11.5 Å². The third kappa shape index (κ3) is 4.97. The van der Waals surface area contributed by atoms with E-state index in [4.69, 9.17) is 16.3 Å². The van der Waals surface area contributed by atoms with Crippen molar-refractivity contribution in [3.8, 4) is 11.5 Å². The van der Waals surface area contributed by atoms with E-state index in [1.54, 1.807) is 36.7 Å². The van der Waals surface area contributed by atoms with E-state index in [2.05, 4.69) is 15.6 Å². The van der Waals surface area contributed by atoms with Gasteiger partial charge in [0.05, 0.1) is 6.54 Å². The number of amides is 1. The molecule has 0 atom stereocenters. The van der Waals surface area contributed by atoms with Gasteiger partial charge in [-0.1, -0.05) is 11.6 Å². The lowest BCUT2D eigenvalue weighted by molar-refractivity contribution is -0.114. The highest BCUT2D eigenvalue weighted by atomic mass is 35.5. The first-order valence-corrected chi connectivity index (χ1v) is 8.46. The Hall–Kier alpha value is -3.05. The van der Waals surface area contributed by atoms with Crippen LogP contribution in [0.5, 0.6) is 11.5 Å². The number of benzene rings is 2. The number of hydrogen-bond donors (Lipinski definition) is 2. The Balaban J connectivity index is 1.52. The predicted octanol–water partition coefficient (Wildman–Crippen LogP) is 4.89. The molecule has 0 radical (unpaired) electrons. The van der Waals surface area contributed by atoms with Gasteiger partial charge in [-0.25, -0.2) is 0 Å². The molecule has 0 saturated heterocycles. The van der Waals surface area contributed by atoms with Gasteiger partial charge in [0.2, 0.25) is 5.91 Å². The van der Waals surface area contributed by atoms with E-state index < -0.39 is 0 Å². The largest absolute Gasteiger partial charge is 0.457 e. The summed E-state index contributed by atoms with van der Waals surface area (Å²) in [6.07, 6.45) is 3.35. The highest BCUT2D eigenvalue weighted by Crippen LogP contribution is 2.22. The number of aromatic nitrogens is 1. The topological polar surface area (TPSA) is 63.2 Å². The van der Waals surface area contributed by atoms with Crippen molar-refractivity contribution in [3.63, 3.8) is 0 Å². The van der Waals surface area contributed by atoms with Gasteiger partial charge in [-0.15, -0.1) is 0 Å². The lowest BCUT2D eigenvalue weighted by Crippen LogP contribution is -2.22. The summed E-state index contributed by atoms with van der Waals surface area (Å²) in [6.45, 7) is 2.06. The molecule has 26 heavy (non-hydrogen) atoms. The molecule has 3 aromatic rings. The first kappa shape index (κ1) is 17.8. The van der Waals surface area contributed by atoms with E-state index in [1.165, 1.54) is 0 Å². The van der Waals surface area contributed by atoms with Crippen LogP contribution < -0.4 is 15.4 Å². The van der Waals surface area contributed by atoms with Crippen LogP contribution in [0.15, 0.2) is 67.0 Å². The number of anilines is 2. The minimum atomic E-state index is -0.132. The molecule has 0 fully saturated rings. The molecule has 1 aromatic heterocycles. The molecular weight excluding hydrogens is 350 g/mol. The number of carbonyl (C=O) groups excluding carboxylic acids is 1. The average Bonchev–Trinajstić information content (AvgIpc) is 2.64. The maximum atomic E-state index is 12.1. The van der Waals surface area contributed by atoms with Crippen molar-refractivity contribution in [2.75, 3.05) is 17.2 Å². The summed E-state index contributed by atoms with van der Waals surface area (Å²) < 4.78 is 5.70. The number of ether oxygens (including phenoxy) is 1. The first-order valence-electron chi connectivity index (χ1n) is 8.08. The third-order valence-corrected chi connectivity index (χ3v) is 3.89. The van der Waals surface area contributed by atoms with Gasteiger partial charge in [0, 0.05) is 28.8 Å². The average molecular weight is 368 g/mol. The zero-order chi connectivity index (χ0) is 18.4. The predicted molar refractivity (Wildman–Crippen MR) is 104 cm³/mol. The van der Waals surface area contributed by atoms with Crippen LogP contribution in [0.3, 0.4) is 0 Å². The Morgan fingerprint density at radius 2 is 1.73 bits per heavy atom. The molecule has 2 aromatic carbocycles. The van der Waals surface area contributed by atoms with Crippen LogP contribution in [-0.4, -0.2) is 17.4 Å². The monoisotopic (exact) mass is 367 g/mol. The van der Waals surface area contributed by atoms with Gasteiger partial charge < -0.3 is 15.4 Å². The van der Waals surface area contributed by atoms with Gasteiger partial charge in [-0.3, -0.25) is 9.78 Å². The zero-order valence-electron chi connectivity index (χ0n) is 14.2. The fraction of sp³-hybridized carbons (Fsp3) is 0.100. The van der Waals surface area contributed by atoms with Gasteiger partial charge in [-0.05, 0) is 67.1 Å². The van der Waals surface area contributed by atoms with E-state index in [0.29, 0.717) is 10.8 Å². The van der Waals surface area contributed by atoms with Crippen LogP contribution >= 0.6 is 11.6 Å². The lowest BCUT2D eigenvalue weighted by Gasteiger charge is -2.11. The summed E-state index contributed by atoms with van der Waals surface area (Å²) >= 11 is 5.92. The summed E-state index contributed by atoms with van der Waals surface area (Å²) in [5.41, 5.74) is 2.50. The molecule has 0 bridgehead atoms. The standard InChI is InChI=1S/C20H18ClN3O2/c1-14-12-15(21)2-7-19(14)24-20(25)13-23-16-3-5-17(6-4-16)26-18-8-10-22-11-9-18/h2-12,23H,13H2,1H3,(H,24,25). The fourth-order valence-electron chi connectivity index (χ4n) is 2.33. The quantitative estimate of drug-likeness (QED) is 0.651. The molecule has 6 heteroatoms. The Morgan fingerprint density at radius 1 is 1.04 bits per heavy atom. The Bertz CT molecular complexity index is 883. The number of aryl methyl sites for hydroxylation is 1. The molecule has 0 aliphatic carbocycles. The molecule has 3 rings (SSSR count). The first-order chi connectivity index (χ1) is 12.6. The van der Waals surface area contributed by atoms with E-state index in [0.717, 1.165) is 22.7 Å². The smallest absolute Gasteiger partial charge is 0.243 e. The van der Waals surface area contributed by atoms with Crippen LogP contribution in [0.25, 0.3) is 0 Å². The second kappa shape index (κ2) is 8.36. The van der Waals surface area contributed by atoms with E-state index in [9.17, 15) is 4.79 Å². The van der Waals surface area contributed by atoms with Crippen LogP contribution in [0.4, 0.5) is 11.4 Å². The summed E-state index contributed by atoms with van der Waals surface area (Å²) in [5.74, 6) is 1.30. The molecule has 132 valence electrons. The number of rotatable bonds is 6. The molecular formula is C20H18ClN3O2. The molecule has 1 heterocycles. The lowest BCUT2D eigenvalue weighted by atomic mass is 10.2. The maximum Gasteiger partial charge on any atom is 0.243 e. The number of carbonyl (C=O) groups is 1. The molecule has 0 saturated carbocycles. The zero-order valence-corrected chi connectivity index (χ0v) is 15.0. The van der Waals surface area contributed by atoms with Crippen LogP contribution in [-0.2, 0) is 4.79 Å². The second-order valence-corrected chi connectivity index (χ2v) is 6.11. The van der Waals surface area contributed by atoms with Crippen molar-refractivity contribution < 1.29 is 9.53 Å². The van der Waals surface area contributed by atoms with Gasteiger partial charge in [0.25, 0.3) is 0 Å². The van der Waals surface area contributed by atoms with Crippen molar-refractivity contribution in [3.05, 3.63) is 77.6 Å². The maximum absolute atomic E-state index is 12.1. The van der Waals surface area contributed by atoms with Gasteiger partial charge >= 0.3 is 0 Å². The molecule has 1 amide bonds. The molecule has 5 nitrogen and oxygen atoms in total. The number of hydrogen-bond acceptors (Lipinski definition) is 4. The SMILES string of the molecule is Cc1cc(Cl)ccc1NC(=O)CNc1ccc(Oc2ccncc2)cc1. The number of halogens is 1. The number of nitrogens with zero attached hydrogens (tertiary/aromatic N) is 1. The van der Waals surface area contributed by atoms with Gasteiger partial charge in [0.15, 0.2) is 0 Å². The van der Waals surface area contributed by atoms with Crippen molar-refractivity contribution in [2.45, 2.75) is 6.92 Å². The fourth-order valence-corrected chi connectivity index (χ4v) is 2.55. The summed E-state index contributed by atoms with van der Waals surface area (Å²) in [5, 5.41) is 6.59. The highest BCUT2D eigenvalue weighted by molar-refractivity contribution is 6.30. The molecule has 0 spiro atoms. The van der Waals surface area contributed by atoms with Crippen LogP contribution in [0.1, 0.15) is 5.56 Å². The van der Waals surface area contributed by atoms with Crippen molar-refractivity contribution in [2.24, 2.45) is 0 Å². The Kier molecular flexibility index (Phi) is 5.71.